The summed E-state index contributed by atoms with van der Waals surface area (Å²) < 4.78 is 5.47. The van der Waals surface area contributed by atoms with Gasteiger partial charge >= 0.3 is 0 Å². The second-order valence-electron chi connectivity index (χ2n) is 5.98. The zero-order valence-corrected chi connectivity index (χ0v) is 14.9. The highest BCUT2D eigenvalue weighted by atomic mass is 16.3. The Bertz CT molecular complexity index is 1050. The molecule has 0 aliphatic carbocycles. The van der Waals surface area contributed by atoms with E-state index in [1.165, 1.54) is 18.7 Å². The second-order valence-corrected chi connectivity index (χ2v) is 5.98. The highest BCUT2D eigenvalue weighted by molar-refractivity contribution is 5.93. The number of para-hydroxylation sites is 1. The van der Waals surface area contributed by atoms with Crippen LogP contribution in [0.25, 0.3) is 11.5 Å². The molecule has 0 bridgehead atoms. The SMILES string of the molecule is O=C(NCc1coc(-c2ccccc2)n1)c1cnc(Nc2ccccc2)nc1. The zero-order chi connectivity index (χ0) is 19.2. The van der Waals surface area contributed by atoms with Gasteiger partial charge < -0.3 is 15.1 Å². The molecule has 0 unspecified atom stereocenters. The number of hydrogen-bond donors (Lipinski definition) is 2. The van der Waals surface area contributed by atoms with Crippen LogP contribution >= 0.6 is 0 Å². The minimum Gasteiger partial charge on any atom is -0.444 e. The van der Waals surface area contributed by atoms with E-state index in [4.69, 9.17) is 4.42 Å². The fraction of sp³-hybridized carbons (Fsp3) is 0.0476. The van der Waals surface area contributed by atoms with Crippen LogP contribution in [-0.2, 0) is 6.54 Å². The average molecular weight is 371 g/mol. The highest BCUT2D eigenvalue weighted by Gasteiger charge is 2.10. The third-order valence-electron chi connectivity index (χ3n) is 3.95. The maximum absolute atomic E-state index is 12.3. The number of nitrogens with one attached hydrogen (secondary N) is 2. The quantitative estimate of drug-likeness (QED) is 0.535. The van der Waals surface area contributed by atoms with Gasteiger partial charge in [-0.25, -0.2) is 15.0 Å². The van der Waals surface area contributed by atoms with E-state index in [0.29, 0.717) is 23.1 Å². The Balaban J connectivity index is 1.34. The molecule has 7 nitrogen and oxygen atoms in total. The number of anilines is 2. The van der Waals surface area contributed by atoms with Crippen molar-refractivity contribution >= 4 is 17.5 Å². The smallest absolute Gasteiger partial charge is 0.254 e. The van der Waals surface area contributed by atoms with Crippen LogP contribution in [0.15, 0.2) is 83.7 Å². The summed E-state index contributed by atoms with van der Waals surface area (Å²) in [6, 6.07) is 19.2. The van der Waals surface area contributed by atoms with Gasteiger partial charge in [0.05, 0.1) is 17.8 Å². The van der Waals surface area contributed by atoms with E-state index in [0.717, 1.165) is 11.3 Å². The van der Waals surface area contributed by atoms with Crippen LogP contribution in [0, 0.1) is 0 Å². The maximum Gasteiger partial charge on any atom is 0.254 e. The lowest BCUT2D eigenvalue weighted by Crippen LogP contribution is -2.23. The van der Waals surface area contributed by atoms with Crippen LogP contribution in [0.4, 0.5) is 11.6 Å². The molecule has 2 N–H and O–H groups in total. The van der Waals surface area contributed by atoms with Crippen LogP contribution in [0.3, 0.4) is 0 Å². The number of aromatic nitrogens is 3. The molecular formula is C21H17N5O2. The third-order valence-corrected chi connectivity index (χ3v) is 3.95. The number of carbonyl (C=O) groups excluding carboxylic acids is 1. The van der Waals surface area contributed by atoms with E-state index >= 15 is 0 Å². The topological polar surface area (TPSA) is 92.9 Å². The zero-order valence-electron chi connectivity index (χ0n) is 14.9. The van der Waals surface area contributed by atoms with E-state index in [9.17, 15) is 4.79 Å². The number of nitrogens with zero attached hydrogens (tertiary/aromatic N) is 3. The molecule has 138 valence electrons. The van der Waals surface area contributed by atoms with Gasteiger partial charge in [-0.2, -0.15) is 0 Å². The van der Waals surface area contributed by atoms with E-state index in [-0.39, 0.29) is 12.5 Å². The van der Waals surface area contributed by atoms with Crippen molar-refractivity contribution in [2.75, 3.05) is 5.32 Å². The normalized spacial score (nSPS) is 10.4. The molecule has 0 saturated heterocycles. The average Bonchev–Trinajstić information content (AvgIpc) is 3.23. The molecule has 2 aromatic carbocycles. The monoisotopic (exact) mass is 371 g/mol. The lowest BCUT2D eigenvalue weighted by Gasteiger charge is -2.05. The fourth-order valence-corrected chi connectivity index (χ4v) is 2.53. The molecule has 4 rings (SSSR count). The van der Waals surface area contributed by atoms with Crippen molar-refractivity contribution in [1.29, 1.82) is 0 Å². The lowest BCUT2D eigenvalue weighted by molar-refractivity contribution is 0.0949. The van der Waals surface area contributed by atoms with E-state index in [1.54, 1.807) is 0 Å². The Morgan fingerprint density at radius 1 is 0.929 bits per heavy atom. The Labute approximate surface area is 161 Å². The number of amides is 1. The summed E-state index contributed by atoms with van der Waals surface area (Å²) in [5.41, 5.74) is 2.76. The van der Waals surface area contributed by atoms with Gasteiger partial charge in [-0.3, -0.25) is 4.79 Å². The number of oxazole rings is 1. The Morgan fingerprint density at radius 3 is 2.32 bits per heavy atom. The van der Waals surface area contributed by atoms with Crippen LogP contribution in [-0.4, -0.2) is 20.9 Å². The van der Waals surface area contributed by atoms with Gasteiger partial charge in [0.25, 0.3) is 5.91 Å². The molecule has 0 fully saturated rings. The van der Waals surface area contributed by atoms with Crippen molar-refractivity contribution in [3.8, 4) is 11.5 Å². The van der Waals surface area contributed by atoms with Gasteiger partial charge in [0, 0.05) is 23.6 Å². The molecule has 0 saturated carbocycles. The maximum atomic E-state index is 12.3. The summed E-state index contributed by atoms with van der Waals surface area (Å²) in [6.45, 7) is 0.249. The standard InChI is InChI=1S/C21H17N5O2/c27-19(16-11-23-21(24-12-16)26-17-9-5-2-6-10-17)22-13-18-14-28-20(25-18)15-7-3-1-4-8-15/h1-12,14H,13H2,(H,22,27)(H,23,24,26). The molecule has 1 amide bonds. The van der Waals surface area contributed by atoms with Crippen LogP contribution < -0.4 is 10.6 Å². The fourth-order valence-electron chi connectivity index (χ4n) is 2.53. The number of benzene rings is 2. The molecule has 0 aliphatic heterocycles. The summed E-state index contributed by atoms with van der Waals surface area (Å²) in [7, 11) is 0. The Kier molecular flexibility index (Phi) is 5.06. The molecule has 0 aliphatic rings. The first-order chi connectivity index (χ1) is 13.8. The molecular weight excluding hydrogens is 354 g/mol. The van der Waals surface area contributed by atoms with Crippen molar-refractivity contribution in [2.45, 2.75) is 6.54 Å². The first-order valence-corrected chi connectivity index (χ1v) is 8.70. The number of hydrogen-bond acceptors (Lipinski definition) is 6. The molecule has 28 heavy (non-hydrogen) atoms. The Morgan fingerprint density at radius 2 is 1.61 bits per heavy atom. The first-order valence-electron chi connectivity index (χ1n) is 8.70. The lowest BCUT2D eigenvalue weighted by atomic mass is 10.2. The van der Waals surface area contributed by atoms with Gasteiger partial charge in [-0.1, -0.05) is 36.4 Å². The summed E-state index contributed by atoms with van der Waals surface area (Å²) in [4.78, 5) is 25.0. The summed E-state index contributed by atoms with van der Waals surface area (Å²) in [5.74, 6) is 0.659. The van der Waals surface area contributed by atoms with Crippen molar-refractivity contribution in [3.63, 3.8) is 0 Å². The van der Waals surface area contributed by atoms with Gasteiger partial charge in [0.15, 0.2) is 0 Å². The van der Waals surface area contributed by atoms with Crippen molar-refractivity contribution in [1.82, 2.24) is 20.3 Å². The van der Waals surface area contributed by atoms with Gasteiger partial charge in [-0.15, -0.1) is 0 Å². The molecule has 7 heteroatoms. The molecule has 4 aromatic rings. The van der Waals surface area contributed by atoms with Crippen molar-refractivity contribution < 1.29 is 9.21 Å². The predicted octanol–water partition coefficient (Wildman–Crippen LogP) is 3.81. The molecule has 0 radical (unpaired) electrons. The van der Waals surface area contributed by atoms with Crippen molar-refractivity contribution in [2.24, 2.45) is 0 Å². The van der Waals surface area contributed by atoms with E-state index < -0.39 is 0 Å². The third kappa shape index (κ3) is 4.21. The van der Waals surface area contributed by atoms with Gasteiger partial charge in [0.2, 0.25) is 11.8 Å². The molecule has 2 aromatic heterocycles. The number of rotatable bonds is 6. The van der Waals surface area contributed by atoms with Crippen LogP contribution in [0.2, 0.25) is 0 Å². The predicted molar refractivity (Wildman–Crippen MR) is 105 cm³/mol. The second kappa shape index (κ2) is 8.13. The summed E-state index contributed by atoms with van der Waals surface area (Å²) in [6.07, 6.45) is 4.49. The van der Waals surface area contributed by atoms with Gasteiger partial charge in [-0.05, 0) is 24.3 Å². The molecule has 2 heterocycles. The first kappa shape index (κ1) is 17.4. The summed E-state index contributed by atoms with van der Waals surface area (Å²) in [5, 5.41) is 5.86. The van der Waals surface area contributed by atoms with Crippen LogP contribution in [0.1, 0.15) is 16.1 Å². The molecule has 0 spiro atoms. The van der Waals surface area contributed by atoms with Crippen molar-refractivity contribution in [3.05, 3.63) is 90.6 Å². The minimum atomic E-state index is -0.282. The molecule has 0 atom stereocenters. The highest BCUT2D eigenvalue weighted by Crippen LogP contribution is 2.18. The Hall–Kier alpha value is -4.00. The largest absolute Gasteiger partial charge is 0.444 e. The van der Waals surface area contributed by atoms with Crippen LogP contribution in [0.5, 0.6) is 0 Å². The van der Waals surface area contributed by atoms with E-state index in [1.807, 2.05) is 60.7 Å². The van der Waals surface area contributed by atoms with E-state index in [2.05, 4.69) is 25.6 Å². The summed E-state index contributed by atoms with van der Waals surface area (Å²) >= 11 is 0. The number of carbonyl (C=O) groups is 1. The van der Waals surface area contributed by atoms with Gasteiger partial charge in [0.1, 0.15) is 6.26 Å². The minimum absolute atomic E-state index is 0.249.